The first-order valence-electron chi connectivity index (χ1n) is 5.98. The second-order valence-corrected chi connectivity index (χ2v) is 4.41. The highest BCUT2D eigenvalue weighted by Crippen LogP contribution is 2.25. The van der Waals surface area contributed by atoms with Crippen LogP contribution in [0.4, 0.5) is 11.4 Å². The van der Waals surface area contributed by atoms with E-state index >= 15 is 0 Å². The van der Waals surface area contributed by atoms with Gasteiger partial charge in [-0.05, 0) is 31.5 Å². The van der Waals surface area contributed by atoms with Crippen LogP contribution >= 0.6 is 0 Å². The van der Waals surface area contributed by atoms with Crippen LogP contribution in [0.3, 0.4) is 0 Å². The van der Waals surface area contributed by atoms with Crippen molar-refractivity contribution < 1.29 is 14.3 Å². The molecular formula is C13H18N2O3. The van der Waals surface area contributed by atoms with E-state index in [1.807, 2.05) is 6.92 Å². The summed E-state index contributed by atoms with van der Waals surface area (Å²) in [6.07, 6.45) is 1.08. The number of carbonyl (C=O) groups is 1. The maximum atomic E-state index is 11.5. The maximum absolute atomic E-state index is 11.5. The number of methoxy groups -OCH3 is 1. The molecule has 2 rings (SSSR count). The van der Waals surface area contributed by atoms with Crippen molar-refractivity contribution >= 4 is 17.3 Å². The molecule has 1 saturated heterocycles. The molecule has 0 spiro atoms. The fourth-order valence-electron chi connectivity index (χ4n) is 2.05. The summed E-state index contributed by atoms with van der Waals surface area (Å²) >= 11 is 0. The molecule has 1 fully saturated rings. The summed E-state index contributed by atoms with van der Waals surface area (Å²) < 4.78 is 10.2. The van der Waals surface area contributed by atoms with Gasteiger partial charge in [-0.2, -0.15) is 0 Å². The molecule has 0 aliphatic carbocycles. The zero-order valence-electron chi connectivity index (χ0n) is 10.6. The van der Waals surface area contributed by atoms with Crippen LogP contribution in [0.15, 0.2) is 18.2 Å². The number of nitrogens with one attached hydrogen (secondary N) is 1. The highest BCUT2D eigenvalue weighted by atomic mass is 16.5. The van der Waals surface area contributed by atoms with Crippen LogP contribution < -0.4 is 11.1 Å². The van der Waals surface area contributed by atoms with Crippen molar-refractivity contribution in [1.29, 1.82) is 0 Å². The Hall–Kier alpha value is -1.75. The van der Waals surface area contributed by atoms with E-state index in [9.17, 15) is 4.79 Å². The number of nitrogens with two attached hydrogens (primary N) is 1. The molecule has 1 aromatic rings. The highest BCUT2D eigenvalue weighted by Gasteiger charge is 2.24. The fraction of sp³-hybridized carbons (Fsp3) is 0.462. The second-order valence-electron chi connectivity index (χ2n) is 4.41. The highest BCUT2D eigenvalue weighted by molar-refractivity contribution is 5.92. The average Bonchev–Trinajstić information content (AvgIpc) is 2.77. The summed E-state index contributed by atoms with van der Waals surface area (Å²) in [5, 5.41) is 3.32. The van der Waals surface area contributed by atoms with Crippen LogP contribution in [-0.2, 0) is 9.47 Å². The predicted octanol–water partition coefficient (Wildman–Crippen LogP) is 1.64. The van der Waals surface area contributed by atoms with Gasteiger partial charge in [0.25, 0.3) is 0 Å². The Kier molecular flexibility index (Phi) is 3.72. The minimum absolute atomic E-state index is 0.145. The fourth-order valence-corrected chi connectivity index (χ4v) is 2.05. The minimum Gasteiger partial charge on any atom is -0.465 e. The lowest BCUT2D eigenvalue weighted by Crippen LogP contribution is -2.27. The molecule has 0 aromatic heterocycles. The van der Waals surface area contributed by atoms with Gasteiger partial charge in [0.15, 0.2) is 0 Å². The topological polar surface area (TPSA) is 73.6 Å². The molecule has 5 nitrogen and oxygen atoms in total. The molecule has 2 atom stereocenters. The number of rotatable bonds is 3. The third-order valence-electron chi connectivity index (χ3n) is 3.19. The van der Waals surface area contributed by atoms with Gasteiger partial charge in [-0.1, -0.05) is 0 Å². The summed E-state index contributed by atoms with van der Waals surface area (Å²) in [5.41, 5.74) is 7.75. The standard InChI is InChI=1S/C13H18N2O3/c1-8-11(5-6-18-8)15-12-7-9(13(16)17-2)3-4-10(12)14/h3-4,7-8,11,15H,5-6,14H2,1-2H3. The molecule has 2 unspecified atom stereocenters. The largest absolute Gasteiger partial charge is 0.465 e. The Labute approximate surface area is 106 Å². The van der Waals surface area contributed by atoms with Gasteiger partial charge in [0.2, 0.25) is 0 Å². The molecular weight excluding hydrogens is 232 g/mol. The smallest absolute Gasteiger partial charge is 0.337 e. The molecule has 0 saturated carbocycles. The number of esters is 1. The van der Waals surface area contributed by atoms with Crippen molar-refractivity contribution in [2.75, 3.05) is 24.8 Å². The molecule has 98 valence electrons. The number of benzene rings is 1. The number of nitrogen functional groups attached to an aromatic ring is 1. The van der Waals surface area contributed by atoms with Crippen LogP contribution in [0, 0.1) is 0 Å². The van der Waals surface area contributed by atoms with E-state index in [2.05, 4.69) is 5.32 Å². The van der Waals surface area contributed by atoms with Crippen molar-refractivity contribution in [1.82, 2.24) is 0 Å². The summed E-state index contributed by atoms with van der Waals surface area (Å²) in [5.74, 6) is -0.367. The first kappa shape index (κ1) is 12.7. The monoisotopic (exact) mass is 250 g/mol. The van der Waals surface area contributed by atoms with Gasteiger partial charge in [-0.25, -0.2) is 4.79 Å². The van der Waals surface area contributed by atoms with Crippen molar-refractivity contribution in [2.45, 2.75) is 25.5 Å². The van der Waals surface area contributed by atoms with E-state index in [0.29, 0.717) is 11.3 Å². The van der Waals surface area contributed by atoms with Gasteiger partial charge in [0.05, 0.1) is 36.2 Å². The van der Waals surface area contributed by atoms with Gasteiger partial charge in [0, 0.05) is 6.61 Å². The van der Waals surface area contributed by atoms with Crippen LogP contribution in [0.25, 0.3) is 0 Å². The number of anilines is 2. The SMILES string of the molecule is COC(=O)c1ccc(N)c(NC2CCOC2C)c1. The van der Waals surface area contributed by atoms with E-state index < -0.39 is 0 Å². The molecule has 1 heterocycles. The van der Waals surface area contributed by atoms with Crippen LogP contribution in [0.2, 0.25) is 0 Å². The van der Waals surface area contributed by atoms with E-state index in [1.54, 1.807) is 18.2 Å². The third kappa shape index (κ3) is 2.56. The van der Waals surface area contributed by atoms with E-state index in [1.165, 1.54) is 7.11 Å². The lowest BCUT2D eigenvalue weighted by Gasteiger charge is -2.19. The lowest BCUT2D eigenvalue weighted by molar-refractivity contribution is 0.0601. The van der Waals surface area contributed by atoms with Crippen LogP contribution in [-0.4, -0.2) is 31.8 Å². The molecule has 3 N–H and O–H groups in total. The normalized spacial score (nSPS) is 22.8. The summed E-state index contributed by atoms with van der Waals surface area (Å²) in [6, 6.07) is 5.29. The first-order valence-corrected chi connectivity index (χ1v) is 5.98. The zero-order chi connectivity index (χ0) is 13.1. The number of hydrogen-bond acceptors (Lipinski definition) is 5. The Bertz CT molecular complexity index is 448. The van der Waals surface area contributed by atoms with Crippen molar-refractivity contribution in [3.05, 3.63) is 23.8 Å². The predicted molar refractivity (Wildman–Crippen MR) is 69.6 cm³/mol. The van der Waals surface area contributed by atoms with Crippen LogP contribution in [0.1, 0.15) is 23.7 Å². The van der Waals surface area contributed by atoms with Gasteiger partial charge in [0.1, 0.15) is 0 Å². The van der Waals surface area contributed by atoms with E-state index in [4.69, 9.17) is 15.2 Å². The molecule has 5 heteroatoms. The Morgan fingerprint density at radius 1 is 1.56 bits per heavy atom. The molecule has 1 aromatic carbocycles. The second kappa shape index (κ2) is 5.27. The Morgan fingerprint density at radius 3 is 2.94 bits per heavy atom. The molecule has 18 heavy (non-hydrogen) atoms. The van der Waals surface area contributed by atoms with Gasteiger partial charge in [-0.3, -0.25) is 0 Å². The van der Waals surface area contributed by atoms with Crippen molar-refractivity contribution in [2.24, 2.45) is 0 Å². The molecule has 0 amide bonds. The first-order chi connectivity index (χ1) is 8.61. The summed E-state index contributed by atoms with van der Waals surface area (Å²) in [4.78, 5) is 11.5. The number of carbonyl (C=O) groups excluding carboxylic acids is 1. The molecule has 0 bridgehead atoms. The van der Waals surface area contributed by atoms with Crippen molar-refractivity contribution in [3.8, 4) is 0 Å². The van der Waals surface area contributed by atoms with Gasteiger partial charge < -0.3 is 20.5 Å². The molecule has 1 aliphatic heterocycles. The molecule has 1 aliphatic rings. The average molecular weight is 250 g/mol. The minimum atomic E-state index is -0.367. The third-order valence-corrected chi connectivity index (χ3v) is 3.19. The quantitative estimate of drug-likeness (QED) is 0.630. The Balaban J connectivity index is 2.18. The summed E-state index contributed by atoms with van der Waals surface area (Å²) in [6.45, 7) is 2.76. The van der Waals surface area contributed by atoms with Gasteiger partial charge >= 0.3 is 5.97 Å². The zero-order valence-corrected chi connectivity index (χ0v) is 10.6. The number of ether oxygens (including phenoxy) is 2. The van der Waals surface area contributed by atoms with Crippen LogP contribution in [0.5, 0.6) is 0 Å². The van der Waals surface area contributed by atoms with E-state index in [0.717, 1.165) is 18.7 Å². The van der Waals surface area contributed by atoms with E-state index in [-0.39, 0.29) is 18.1 Å². The number of hydrogen-bond donors (Lipinski definition) is 2. The molecule has 0 radical (unpaired) electrons. The Morgan fingerprint density at radius 2 is 2.33 bits per heavy atom. The lowest BCUT2D eigenvalue weighted by atomic mass is 10.1. The van der Waals surface area contributed by atoms with Crippen molar-refractivity contribution in [3.63, 3.8) is 0 Å². The maximum Gasteiger partial charge on any atom is 0.337 e. The van der Waals surface area contributed by atoms with Gasteiger partial charge in [-0.15, -0.1) is 0 Å². The summed E-state index contributed by atoms with van der Waals surface area (Å²) in [7, 11) is 1.36.